The van der Waals surface area contributed by atoms with Gasteiger partial charge in [-0.2, -0.15) is 0 Å². The van der Waals surface area contributed by atoms with Crippen LogP contribution in [0.5, 0.6) is 0 Å². The van der Waals surface area contributed by atoms with Crippen molar-refractivity contribution in [1.82, 2.24) is 19.9 Å². The third kappa shape index (κ3) is 21.8. The van der Waals surface area contributed by atoms with E-state index in [1.54, 1.807) is 49.6 Å². The van der Waals surface area contributed by atoms with Crippen LogP contribution < -0.4 is 0 Å². The Balaban J connectivity index is 0.000000849. The van der Waals surface area contributed by atoms with Crippen molar-refractivity contribution in [3.63, 3.8) is 0 Å². The number of nitrogens with zero attached hydrogens (tertiary/aromatic N) is 6. The molecular weight excluding hydrogens is 751 g/mol. The van der Waals surface area contributed by atoms with Crippen LogP contribution in [0.2, 0.25) is 0 Å². The number of hydrogen-bond acceptors (Lipinski definition) is 10. The molecule has 0 saturated carbocycles. The van der Waals surface area contributed by atoms with Gasteiger partial charge in [-0.15, -0.1) is 0 Å². The molecule has 0 aliphatic heterocycles. The fourth-order valence-corrected chi connectivity index (χ4v) is 3.60. The molecule has 6 rings (SSSR count). The van der Waals surface area contributed by atoms with Gasteiger partial charge < -0.3 is 41.6 Å². The second-order valence-corrected chi connectivity index (χ2v) is 9.57. The number of hydrogen-bond donors (Lipinski definition) is 0. The number of pyridine rings is 4. The van der Waals surface area contributed by atoms with E-state index in [9.17, 15) is 0 Å². The van der Waals surface area contributed by atoms with Gasteiger partial charge >= 0.3 is 16.8 Å². The van der Waals surface area contributed by atoms with Crippen molar-refractivity contribution in [3.8, 4) is 47.4 Å². The molecule has 6 aromatic rings. The predicted molar refractivity (Wildman–Crippen MR) is 204 cm³/mol. The predicted octanol–water partition coefficient (Wildman–Crippen LogP) is 4.23. The van der Waals surface area contributed by atoms with Gasteiger partial charge in [-0.05, 0) is 97.1 Å². The Morgan fingerprint density at radius 2 is 0.509 bits per heavy atom. The first-order valence-corrected chi connectivity index (χ1v) is 14.8. The molecule has 0 atom stereocenters. The zero-order valence-electron chi connectivity index (χ0n) is 28.5. The number of rotatable bonds is 0. The molecule has 2 aromatic carbocycles. The minimum absolute atomic E-state index is 0. The monoisotopic (exact) mass is 781 g/mol. The van der Waals surface area contributed by atoms with Crippen LogP contribution in [-0.2, 0) is 27.7 Å². The Morgan fingerprint density at radius 3 is 0.655 bits per heavy atom. The molecule has 0 saturated heterocycles. The van der Waals surface area contributed by atoms with Crippen LogP contribution >= 0.6 is 0 Å². The van der Waals surface area contributed by atoms with Crippen LogP contribution in [0.25, 0.3) is 0 Å². The summed E-state index contributed by atoms with van der Waals surface area (Å²) >= 11 is 0. The maximum absolute atomic E-state index is 8.25. The Hall–Kier alpha value is -7.89. The number of aromatic nitrogens is 4. The first-order chi connectivity index (χ1) is 25.3. The Bertz CT molecular complexity index is 1950. The van der Waals surface area contributed by atoms with Gasteiger partial charge in [0, 0.05) is 94.1 Å². The molecule has 4 aromatic heterocycles. The molecule has 0 aliphatic carbocycles. The summed E-state index contributed by atoms with van der Waals surface area (Å²) in [6.07, 6.45) is 14.0. The van der Waals surface area contributed by atoms with Gasteiger partial charge in [-0.25, -0.2) is 0 Å². The van der Waals surface area contributed by atoms with Crippen molar-refractivity contribution in [1.29, 1.82) is 0 Å². The molecule has 4 heterocycles. The molecule has 1 radical (unpaired) electrons. The van der Waals surface area contributed by atoms with Gasteiger partial charge in [0.05, 0.1) is 10.2 Å². The van der Waals surface area contributed by atoms with E-state index in [1.807, 2.05) is 97.1 Å². The van der Waals surface area contributed by atoms with E-state index in [2.05, 4.69) is 67.3 Å². The van der Waals surface area contributed by atoms with E-state index in [1.165, 1.54) is 0 Å². The molecule has 275 valence electrons. The fourth-order valence-electron chi connectivity index (χ4n) is 3.60. The quantitative estimate of drug-likeness (QED) is 0.0918. The van der Waals surface area contributed by atoms with Crippen molar-refractivity contribution in [2.24, 2.45) is 0 Å². The third-order valence-corrected chi connectivity index (χ3v) is 5.82. The van der Waals surface area contributed by atoms with E-state index < -0.39 is 10.2 Å². The van der Waals surface area contributed by atoms with Crippen LogP contribution in [0.3, 0.4) is 0 Å². The van der Waals surface area contributed by atoms with Crippen LogP contribution in [0.1, 0.15) is 44.5 Å². The van der Waals surface area contributed by atoms with Gasteiger partial charge in [-0.1, -0.05) is 47.4 Å². The molecule has 14 nitrogen and oxygen atoms in total. The second kappa shape index (κ2) is 27.8. The molecule has 0 spiro atoms. The van der Waals surface area contributed by atoms with E-state index in [4.69, 9.17) is 30.6 Å². The summed E-state index contributed by atoms with van der Waals surface area (Å²) in [6, 6.07) is 31.0. The second-order valence-electron chi connectivity index (χ2n) is 9.57. The van der Waals surface area contributed by atoms with Crippen molar-refractivity contribution in [2.75, 3.05) is 0 Å². The van der Waals surface area contributed by atoms with Crippen molar-refractivity contribution >= 4 is 0 Å². The minimum atomic E-state index is -1.75. The summed E-state index contributed by atoms with van der Waals surface area (Å²) in [6.45, 7) is 0. The molecule has 0 amide bonds. The van der Waals surface area contributed by atoms with Crippen molar-refractivity contribution in [3.05, 3.63) is 222 Å². The smallest absolute Gasteiger partial charge is 0.457 e. The summed E-state index contributed by atoms with van der Waals surface area (Å²) in [7, 11) is 0. The van der Waals surface area contributed by atoms with E-state index in [-0.39, 0.29) is 27.7 Å². The number of benzene rings is 2. The molecule has 0 bridgehead atoms. The SMILES string of the molecule is C(#Cc1cccnc1)c1ccc(C#Cc2cccnc2)cc1.C(#Cc1cccnc1)c1ccc(C#Cc2cccnc2)cc1.O=[N+]([O-])[O-].O=[N+]([O-])[O-].[Co+2].[OH3+].[OH3+]. The standard InChI is InChI=1S/2C20H12N2.Co.2NO3.2H2O/c2*1-3-19(15-21-13-1)11-9-17-5-7-18(8-6-17)10-12-20-4-2-14-22-16-20;;2*2-1(3)4;;/h2*1-8,13-16H;;;;2*1H2/q;;+2;2*-1;;/p+2. The van der Waals surface area contributed by atoms with Crippen molar-refractivity contribution < 1.29 is 37.9 Å². The Labute approximate surface area is 326 Å². The summed E-state index contributed by atoms with van der Waals surface area (Å²) < 4.78 is 0. The Kier molecular flexibility index (Phi) is 23.8. The first kappa shape index (κ1) is 47.1. The average molecular weight is 782 g/mol. The summed E-state index contributed by atoms with van der Waals surface area (Å²) in [4.78, 5) is 32.7. The van der Waals surface area contributed by atoms with Gasteiger partial charge in [0.1, 0.15) is 0 Å². The minimum Gasteiger partial charge on any atom is -0.457 e. The molecule has 55 heavy (non-hydrogen) atoms. The average Bonchev–Trinajstić information content (AvgIpc) is 3.17. The zero-order valence-corrected chi connectivity index (χ0v) is 29.5. The molecular formula is C40H30CoN6O8+2. The summed E-state index contributed by atoms with van der Waals surface area (Å²) in [5.74, 6) is 24.8. The zero-order chi connectivity index (χ0) is 37.2. The van der Waals surface area contributed by atoms with Gasteiger partial charge in [-0.3, -0.25) is 19.9 Å². The molecule has 15 heteroatoms. The fraction of sp³-hybridized carbons (Fsp3) is 0. The summed E-state index contributed by atoms with van der Waals surface area (Å²) in [5.41, 5.74) is 7.44. The first-order valence-electron chi connectivity index (χ1n) is 14.8. The summed E-state index contributed by atoms with van der Waals surface area (Å²) in [5, 5.41) is 29.5. The molecule has 0 aliphatic rings. The van der Waals surface area contributed by atoms with Gasteiger partial charge in [0.2, 0.25) is 0 Å². The van der Waals surface area contributed by atoms with Crippen LogP contribution in [-0.4, -0.2) is 30.1 Å². The van der Waals surface area contributed by atoms with Crippen LogP contribution in [0.4, 0.5) is 0 Å². The van der Waals surface area contributed by atoms with E-state index in [0.717, 1.165) is 44.5 Å². The molecule has 6 N–H and O–H groups in total. The van der Waals surface area contributed by atoms with E-state index >= 15 is 0 Å². The maximum Gasteiger partial charge on any atom is 2.00 e. The van der Waals surface area contributed by atoms with Crippen molar-refractivity contribution in [2.45, 2.75) is 0 Å². The van der Waals surface area contributed by atoms with Gasteiger partial charge in [0.25, 0.3) is 0 Å². The largest absolute Gasteiger partial charge is 2.00 e. The normalized spacial score (nSPS) is 8.15. The topological polar surface area (TPSA) is 250 Å². The Morgan fingerprint density at radius 1 is 0.345 bits per heavy atom. The maximum atomic E-state index is 8.25. The third-order valence-electron chi connectivity index (χ3n) is 5.82. The van der Waals surface area contributed by atoms with E-state index in [0.29, 0.717) is 0 Å². The van der Waals surface area contributed by atoms with Gasteiger partial charge in [0.15, 0.2) is 0 Å². The molecule has 0 fully saturated rings. The van der Waals surface area contributed by atoms with Crippen LogP contribution in [0, 0.1) is 78.0 Å². The van der Waals surface area contributed by atoms with Crippen LogP contribution in [0.15, 0.2) is 147 Å². The molecule has 0 unspecified atom stereocenters.